The molecular formula is C18H23N5O. The summed E-state index contributed by atoms with van der Waals surface area (Å²) in [7, 11) is 0. The Labute approximate surface area is 142 Å². The van der Waals surface area contributed by atoms with Crippen LogP contribution in [-0.2, 0) is 11.2 Å². The number of amidine groups is 1. The van der Waals surface area contributed by atoms with Crippen LogP contribution in [0.1, 0.15) is 37.3 Å². The van der Waals surface area contributed by atoms with E-state index in [-0.39, 0.29) is 6.04 Å². The zero-order valence-electron chi connectivity index (χ0n) is 14.1. The minimum Gasteiger partial charge on any atom is -0.463 e. The average Bonchev–Trinajstić information content (AvgIpc) is 3.00. The fourth-order valence-electron chi connectivity index (χ4n) is 2.50. The summed E-state index contributed by atoms with van der Waals surface area (Å²) in [5, 5.41) is 3.22. The van der Waals surface area contributed by atoms with E-state index in [1.807, 2.05) is 24.5 Å². The molecule has 2 aromatic rings. The standard InChI is InChI=1S/C18H23N5O/c1-12(2)14-9-20-18(21-10-14)23-15-6-3-13(4-7-15)5-8-16-11-24-17(19)22-16/h3-4,6-7,9-10,12,16H,5,8,11H2,1-2H3,(H2,19,22)(H,20,21,23). The fraction of sp³-hybridized carbons (Fsp3) is 0.389. The van der Waals surface area contributed by atoms with Gasteiger partial charge >= 0.3 is 0 Å². The number of nitrogens with two attached hydrogens (primary N) is 1. The number of aliphatic imine (C=N–C) groups is 1. The molecule has 1 atom stereocenters. The van der Waals surface area contributed by atoms with Crippen molar-refractivity contribution in [3.05, 3.63) is 47.8 Å². The van der Waals surface area contributed by atoms with E-state index in [9.17, 15) is 0 Å². The molecule has 1 aliphatic heterocycles. The van der Waals surface area contributed by atoms with E-state index >= 15 is 0 Å². The summed E-state index contributed by atoms with van der Waals surface area (Å²) in [6.07, 6.45) is 5.62. The number of nitrogens with one attached hydrogen (secondary N) is 1. The first-order chi connectivity index (χ1) is 11.6. The number of anilines is 2. The molecule has 1 aromatic heterocycles. The van der Waals surface area contributed by atoms with Crippen molar-refractivity contribution in [2.75, 3.05) is 11.9 Å². The van der Waals surface area contributed by atoms with Crippen LogP contribution in [0.3, 0.4) is 0 Å². The largest absolute Gasteiger partial charge is 0.463 e. The monoisotopic (exact) mass is 325 g/mol. The molecule has 1 unspecified atom stereocenters. The molecule has 0 aliphatic carbocycles. The Kier molecular flexibility index (Phi) is 4.93. The number of aromatic nitrogens is 2. The fourth-order valence-corrected chi connectivity index (χ4v) is 2.50. The molecule has 0 bridgehead atoms. The lowest BCUT2D eigenvalue weighted by atomic mass is 10.1. The van der Waals surface area contributed by atoms with E-state index in [0.29, 0.717) is 24.5 Å². The van der Waals surface area contributed by atoms with Gasteiger partial charge in [-0.1, -0.05) is 26.0 Å². The second-order valence-electron chi connectivity index (χ2n) is 6.29. The predicted molar refractivity (Wildman–Crippen MR) is 95.5 cm³/mol. The van der Waals surface area contributed by atoms with Crippen molar-refractivity contribution < 1.29 is 4.74 Å². The van der Waals surface area contributed by atoms with Crippen LogP contribution in [0.4, 0.5) is 11.6 Å². The van der Waals surface area contributed by atoms with Crippen molar-refractivity contribution >= 4 is 17.7 Å². The van der Waals surface area contributed by atoms with E-state index in [0.717, 1.165) is 24.1 Å². The van der Waals surface area contributed by atoms with Gasteiger partial charge < -0.3 is 15.8 Å². The normalized spacial score (nSPS) is 16.8. The van der Waals surface area contributed by atoms with Gasteiger partial charge in [-0.3, -0.25) is 0 Å². The number of rotatable bonds is 6. The summed E-state index contributed by atoms with van der Waals surface area (Å²) in [6, 6.07) is 8.77. The molecule has 0 radical (unpaired) electrons. The van der Waals surface area contributed by atoms with Crippen LogP contribution in [0.5, 0.6) is 0 Å². The van der Waals surface area contributed by atoms with Gasteiger partial charge in [0.05, 0.1) is 6.04 Å². The lowest BCUT2D eigenvalue weighted by Gasteiger charge is -2.09. The third kappa shape index (κ3) is 4.22. The second-order valence-corrected chi connectivity index (χ2v) is 6.29. The maximum Gasteiger partial charge on any atom is 0.282 e. The van der Waals surface area contributed by atoms with Crippen LogP contribution in [-0.4, -0.2) is 28.6 Å². The first kappa shape index (κ1) is 16.2. The highest BCUT2D eigenvalue weighted by molar-refractivity contribution is 5.73. The predicted octanol–water partition coefficient (Wildman–Crippen LogP) is 2.99. The third-order valence-corrected chi connectivity index (χ3v) is 4.05. The highest BCUT2D eigenvalue weighted by Gasteiger charge is 2.16. The van der Waals surface area contributed by atoms with E-state index in [4.69, 9.17) is 10.5 Å². The summed E-state index contributed by atoms with van der Waals surface area (Å²) in [5.74, 6) is 1.04. The molecule has 0 saturated carbocycles. The van der Waals surface area contributed by atoms with Crippen molar-refractivity contribution in [2.45, 2.75) is 38.6 Å². The Bertz CT molecular complexity index is 694. The lowest BCUT2D eigenvalue weighted by Crippen LogP contribution is -2.10. The number of nitrogens with zero attached hydrogens (tertiary/aromatic N) is 3. The summed E-state index contributed by atoms with van der Waals surface area (Å²) in [4.78, 5) is 12.9. The molecule has 1 aromatic carbocycles. The van der Waals surface area contributed by atoms with Gasteiger partial charge in [0.15, 0.2) is 0 Å². The Morgan fingerprint density at radius 2 is 1.92 bits per heavy atom. The SMILES string of the molecule is CC(C)c1cnc(Nc2ccc(CCC3COC(N)=N3)cc2)nc1. The zero-order valence-corrected chi connectivity index (χ0v) is 14.1. The topological polar surface area (TPSA) is 85.4 Å². The maximum atomic E-state index is 5.52. The number of ether oxygens (including phenoxy) is 1. The van der Waals surface area contributed by atoms with Gasteiger partial charge in [-0.25, -0.2) is 15.0 Å². The van der Waals surface area contributed by atoms with Crippen molar-refractivity contribution in [1.82, 2.24) is 9.97 Å². The van der Waals surface area contributed by atoms with E-state index < -0.39 is 0 Å². The van der Waals surface area contributed by atoms with Crippen molar-refractivity contribution in [3.8, 4) is 0 Å². The van der Waals surface area contributed by atoms with Crippen LogP contribution in [0.2, 0.25) is 0 Å². The van der Waals surface area contributed by atoms with E-state index in [2.05, 4.69) is 46.3 Å². The van der Waals surface area contributed by atoms with Crippen LogP contribution >= 0.6 is 0 Å². The van der Waals surface area contributed by atoms with Crippen LogP contribution in [0.25, 0.3) is 0 Å². The molecule has 6 nitrogen and oxygen atoms in total. The molecule has 0 saturated heterocycles. The maximum absolute atomic E-state index is 5.52. The number of benzene rings is 1. The van der Waals surface area contributed by atoms with Gasteiger partial charge in [-0.2, -0.15) is 0 Å². The van der Waals surface area contributed by atoms with Gasteiger partial charge in [-0.05, 0) is 42.0 Å². The summed E-state index contributed by atoms with van der Waals surface area (Å²) in [5.41, 5.74) is 8.89. The Morgan fingerprint density at radius 1 is 1.21 bits per heavy atom. The molecular weight excluding hydrogens is 302 g/mol. The third-order valence-electron chi connectivity index (χ3n) is 4.05. The van der Waals surface area contributed by atoms with Gasteiger partial charge in [0, 0.05) is 18.1 Å². The molecule has 0 spiro atoms. The smallest absolute Gasteiger partial charge is 0.282 e. The van der Waals surface area contributed by atoms with Crippen molar-refractivity contribution in [3.63, 3.8) is 0 Å². The van der Waals surface area contributed by atoms with E-state index in [1.54, 1.807) is 0 Å². The van der Waals surface area contributed by atoms with Gasteiger partial charge in [0.2, 0.25) is 5.95 Å². The molecule has 2 heterocycles. The molecule has 6 heteroatoms. The molecule has 126 valence electrons. The number of hydrogen-bond acceptors (Lipinski definition) is 6. The van der Waals surface area contributed by atoms with Crippen LogP contribution in [0, 0.1) is 0 Å². The quantitative estimate of drug-likeness (QED) is 0.853. The lowest BCUT2D eigenvalue weighted by molar-refractivity contribution is 0.308. The minimum absolute atomic E-state index is 0.177. The number of hydrogen-bond donors (Lipinski definition) is 2. The minimum atomic E-state index is 0.177. The highest BCUT2D eigenvalue weighted by Crippen LogP contribution is 2.18. The molecule has 0 fully saturated rings. The van der Waals surface area contributed by atoms with Crippen LogP contribution < -0.4 is 11.1 Å². The molecule has 3 N–H and O–H groups in total. The van der Waals surface area contributed by atoms with Crippen LogP contribution in [0.15, 0.2) is 41.7 Å². The van der Waals surface area contributed by atoms with Gasteiger partial charge in [-0.15, -0.1) is 0 Å². The molecule has 24 heavy (non-hydrogen) atoms. The van der Waals surface area contributed by atoms with Crippen molar-refractivity contribution in [2.24, 2.45) is 10.7 Å². The van der Waals surface area contributed by atoms with Gasteiger partial charge in [0.1, 0.15) is 6.61 Å². The number of aryl methyl sites for hydroxylation is 1. The van der Waals surface area contributed by atoms with Gasteiger partial charge in [0.25, 0.3) is 6.02 Å². The summed E-state index contributed by atoms with van der Waals surface area (Å²) >= 11 is 0. The molecule has 1 aliphatic rings. The zero-order chi connectivity index (χ0) is 16.9. The van der Waals surface area contributed by atoms with Crippen molar-refractivity contribution in [1.29, 1.82) is 0 Å². The van der Waals surface area contributed by atoms with E-state index in [1.165, 1.54) is 5.56 Å². The average molecular weight is 325 g/mol. The molecule has 3 rings (SSSR count). The first-order valence-corrected chi connectivity index (χ1v) is 8.24. The second kappa shape index (κ2) is 7.29. The summed E-state index contributed by atoms with van der Waals surface area (Å²) in [6.45, 7) is 4.85. The summed E-state index contributed by atoms with van der Waals surface area (Å²) < 4.78 is 5.17. The first-order valence-electron chi connectivity index (χ1n) is 8.24. The Balaban J connectivity index is 1.54. The Morgan fingerprint density at radius 3 is 2.50 bits per heavy atom. The highest BCUT2D eigenvalue weighted by atomic mass is 16.5. The Hall–Kier alpha value is -2.63. The molecule has 0 amide bonds.